The largest absolute Gasteiger partial charge is 0.487 e. The van der Waals surface area contributed by atoms with Crippen molar-refractivity contribution in [1.82, 2.24) is 9.66 Å². The van der Waals surface area contributed by atoms with Crippen molar-refractivity contribution >= 4 is 34.4 Å². The number of rotatable bonds is 6. The van der Waals surface area contributed by atoms with Crippen molar-refractivity contribution in [3.05, 3.63) is 114 Å². The predicted molar refractivity (Wildman–Crippen MR) is 121 cm³/mol. The van der Waals surface area contributed by atoms with Crippen LogP contribution in [0.5, 0.6) is 5.75 Å². The number of H-pyrrole nitrogens is 1. The second kappa shape index (κ2) is 8.86. The van der Waals surface area contributed by atoms with Gasteiger partial charge in [0.15, 0.2) is 0 Å². The molecule has 0 unspecified atom stereocenters. The van der Waals surface area contributed by atoms with Crippen LogP contribution in [0.1, 0.15) is 11.1 Å². The molecule has 0 amide bonds. The maximum atomic E-state index is 12.5. The van der Waals surface area contributed by atoms with E-state index in [0.717, 1.165) is 10.2 Å². The van der Waals surface area contributed by atoms with E-state index in [2.05, 4.69) is 10.1 Å². The van der Waals surface area contributed by atoms with Gasteiger partial charge in [0.25, 0.3) is 11.2 Å². The molecule has 0 aliphatic carbocycles. The Labute approximate surface area is 185 Å². The molecule has 10 heteroatoms. The Bertz CT molecular complexity index is 1460. The molecule has 1 aromatic heterocycles. The molecule has 160 valence electrons. The third-order valence-corrected chi connectivity index (χ3v) is 4.90. The van der Waals surface area contributed by atoms with Crippen LogP contribution in [0.25, 0.3) is 10.9 Å². The summed E-state index contributed by atoms with van der Waals surface area (Å²) in [6.07, 6.45) is 1.34. The molecule has 4 aromatic rings. The lowest BCUT2D eigenvalue weighted by Crippen LogP contribution is -2.32. The molecule has 0 aliphatic heterocycles. The summed E-state index contributed by atoms with van der Waals surface area (Å²) in [6.45, 7) is 0.174. The van der Waals surface area contributed by atoms with Crippen LogP contribution in [-0.4, -0.2) is 20.8 Å². The summed E-state index contributed by atoms with van der Waals surface area (Å²) in [5, 5.41) is 15.4. The summed E-state index contributed by atoms with van der Waals surface area (Å²) in [4.78, 5) is 37.6. The van der Waals surface area contributed by atoms with Crippen molar-refractivity contribution in [1.29, 1.82) is 0 Å². The Morgan fingerprint density at radius 1 is 1.09 bits per heavy atom. The van der Waals surface area contributed by atoms with Crippen LogP contribution in [0.3, 0.4) is 0 Å². The number of fused-ring (bicyclic) bond motifs is 1. The molecule has 3 aromatic carbocycles. The fourth-order valence-electron chi connectivity index (χ4n) is 2.97. The molecule has 0 atom stereocenters. The standard InChI is InChI=1S/C22H15ClN4O5/c23-18-11-15(7-10-20(18)32-13-14-5-8-16(9-6-14)27(30)31)12-24-26-21(28)17-3-1-2-4-19(17)25-22(26)29/h1-12H,13H2,(H,25,29). The Morgan fingerprint density at radius 3 is 2.56 bits per heavy atom. The molecule has 32 heavy (non-hydrogen) atoms. The second-order valence-corrected chi connectivity index (χ2v) is 7.15. The summed E-state index contributed by atoms with van der Waals surface area (Å²) in [5.41, 5.74) is 0.546. The second-order valence-electron chi connectivity index (χ2n) is 6.74. The molecule has 0 fully saturated rings. The van der Waals surface area contributed by atoms with Crippen molar-refractivity contribution in [3.8, 4) is 5.75 Å². The van der Waals surface area contributed by atoms with Gasteiger partial charge < -0.3 is 9.72 Å². The van der Waals surface area contributed by atoms with Crippen molar-refractivity contribution in [3.63, 3.8) is 0 Å². The van der Waals surface area contributed by atoms with E-state index >= 15 is 0 Å². The van der Waals surface area contributed by atoms with E-state index in [4.69, 9.17) is 16.3 Å². The third kappa shape index (κ3) is 4.42. The number of hydrogen-bond donors (Lipinski definition) is 1. The first kappa shape index (κ1) is 21.0. The van der Waals surface area contributed by atoms with Crippen LogP contribution in [0.4, 0.5) is 5.69 Å². The highest BCUT2D eigenvalue weighted by atomic mass is 35.5. The highest BCUT2D eigenvalue weighted by molar-refractivity contribution is 6.32. The number of non-ortho nitro benzene ring substituents is 1. The SMILES string of the molecule is O=c1[nH]c2ccccc2c(=O)n1N=Cc1ccc(OCc2ccc([N+](=O)[O-])cc2)c(Cl)c1. The monoisotopic (exact) mass is 450 g/mol. The number of halogens is 1. The molecule has 0 saturated heterocycles. The number of aromatic amines is 1. The zero-order valence-electron chi connectivity index (χ0n) is 16.4. The van der Waals surface area contributed by atoms with E-state index in [0.29, 0.717) is 27.2 Å². The van der Waals surface area contributed by atoms with Crippen LogP contribution < -0.4 is 16.0 Å². The van der Waals surface area contributed by atoms with Gasteiger partial charge >= 0.3 is 5.69 Å². The Hall–Kier alpha value is -4.24. The van der Waals surface area contributed by atoms with Gasteiger partial charge in [-0.15, -0.1) is 4.68 Å². The highest BCUT2D eigenvalue weighted by Crippen LogP contribution is 2.26. The van der Waals surface area contributed by atoms with Gasteiger partial charge in [-0.05, 0) is 53.6 Å². The number of aromatic nitrogens is 2. The van der Waals surface area contributed by atoms with Crippen LogP contribution in [0.15, 0.2) is 81.4 Å². The maximum absolute atomic E-state index is 12.5. The topological polar surface area (TPSA) is 120 Å². The Balaban J connectivity index is 1.51. The summed E-state index contributed by atoms with van der Waals surface area (Å²) >= 11 is 6.27. The van der Waals surface area contributed by atoms with Crippen molar-refractivity contribution < 1.29 is 9.66 Å². The molecule has 1 heterocycles. The Morgan fingerprint density at radius 2 is 1.84 bits per heavy atom. The van der Waals surface area contributed by atoms with E-state index in [9.17, 15) is 19.7 Å². The first-order valence-electron chi connectivity index (χ1n) is 9.36. The molecule has 9 nitrogen and oxygen atoms in total. The lowest BCUT2D eigenvalue weighted by molar-refractivity contribution is -0.384. The normalized spacial score (nSPS) is 11.2. The van der Waals surface area contributed by atoms with Gasteiger partial charge in [0.2, 0.25) is 0 Å². The molecule has 1 N–H and O–H groups in total. The molecule has 4 rings (SSSR count). The smallest absolute Gasteiger partial charge is 0.349 e. The molecular formula is C22H15ClN4O5. The minimum atomic E-state index is -0.654. The fraction of sp³-hybridized carbons (Fsp3) is 0.0455. The number of benzene rings is 3. The van der Waals surface area contributed by atoms with E-state index < -0.39 is 16.2 Å². The summed E-state index contributed by atoms with van der Waals surface area (Å²) in [6, 6.07) is 17.5. The van der Waals surface area contributed by atoms with Crippen LogP contribution in [0.2, 0.25) is 5.02 Å². The van der Waals surface area contributed by atoms with Crippen molar-refractivity contribution in [2.75, 3.05) is 0 Å². The zero-order chi connectivity index (χ0) is 22.7. The van der Waals surface area contributed by atoms with E-state index in [1.54, 1.807) is 54.6 Å². The van der Waals surface area contributed by atoms with Crippen molar-refractivity contribution in [2.45, 2.75) is 6.61 Å². The number of nitro groups is 1. The molecule has 0 aliphatic rings. The fourth-order valence-corrected chi connectivity index (χ4v) is 3.22. The molecule has 0 spiro atoms. The van der Waals surface area contributed by atoms with Gasteiger partial charge in [-0.3, -0.25) is 14.9 Å². The van der Waals surface area contributed by atoms with Gasteiger partial charge in [0.05, 0.1) is 27.1 Å². The van der Waals surface area contributed by atoms with Gasteiger partial charge in [0, 0.05) is 12.1 Å². The quantitative estimate of drug-likeness (QED) is 0.273. The average Bonchev–Trinajstić information content (AvgIpc) is 2.78. The minimum Gasteiger partial charge on any atom is -0.487 e. The van der Waals surface area contributed by atoms with Crippen LogP contribution in [-0.2, 0) is 6.61 Å². The first-order valence-corrected chi connectivity index (χ1v) is 9.74. The molecular weight excluding hydrogens is 436 g/mol. The van der Waals surface area contributed by atoms with Gasteiger partial charge in [-0.1, -0.05) is 23.7 Å². The Kier molecular flexibility index (Phi) is 5.82. The predicted octanol–water partition coefficient (Wildman–Crippen LogP) is 3.71. The van der Waals surface area contributed by atoms with Gasteiger partial charge in [-0.25, -0.2) is 4.79 Å². The summed E-state index contributed by atoms with van der Waals surface area (Å²) in [5.74, 6) is 0.405. The maximum Gasteiger partial charge on any atom is 0.349 e. The number of nitrogens with one attached hydrogen (secondary N) is 1. The number of para-hydroxylation sites is 1. The minimum absolute atomic E-state index is 0.000204. The number of nitro benzene ring substituents is 1. The lowest BCUT2D eigenvalue weighted by Gasteiger charge is -2.08. The van der Waals surface area contributed by atoms with Crippen LogP contribution >= 0.6 is 11.6 Å². The highest BCUT2D eigenvalue weighted by Gasteiger charge is 2.08. The number of ether oxygens (including phenoxy) is 1. The average molecular weight is 451 g/mol. The summed E-state index contributed by atoms with van der Waals surface area (Å²) < 4.78 is 6.42. The first-order chi connectivity index (χ1) is 15.4. The summed E-state index contributed by atoms with van der Waals surface area (Å²) in [7, 11) is 0. The van der Waals surface area contributed by atoms with Gasteiger partial charge in [0.1, 0.15) is 12.4 Å². The van der Waals surface area contributed by atoms with Gasteiger partial charge in [-0.2, -0.15) is 5.10 Å². The van der Waals surface area contributed by atoms with Crippen molar-refractivity contribution in [2.24, 2.45) is 5.10 Å². The number of hydrogen-bond acceptors (Lipinski definition) is 6. The zero-order valence-corrected chi connectivity index (χ0v) is 17.2. The third-order valence-electron chi connectivity index (χ3n) is 4.60. The molecule has 0 saturated carbocycles. The van der Waals surface area contributed by atoms with Crippen LogP contribution in [0, 0.1) is 10.1 Å². The number of nitrogens with zero attached hydrogens (tertiary/aromatic N) is 3. The molecule has 0 bridgehead atoms. The van der Waals surface area contributed by atoms with E-state index in [1.807, 2.05) is 0 Å². The van der Waals surface area contributed by atoms with E-state index in [-0.39, 0.29) is 12.3 Å². The van der Waals surface area contributed by atoms with E-state index in [1.165, 1.54) is 18.3 Å². The lowest BCUT2D eigenvalue weighted by atomic mass is 10.2. The molecule has 0 radical (unpaired) electrons.